The van der Waals surface area contributed by atoms with E-state index in [-0.39, 0.29) is 6.04 Å². The summed E-state index contributed by atoms with van der Waals surface area (Å²) in [4.78, 5) is 2.33. The molecule has 2 N–H and O–H groups in total. The summed E-state index contributed by atoms with van der Waals surface area (Å²) >= 11 is 6.35. The second-order valence-corrected chi connectivity index (χ2v) is 5.19. The van der Waals surface area contributed by atoms with Crippen molar-refractivity contribution in [2.24, 2.45) is 5.73 Å². The molecule has 0 saturated carbocycles. The van der Waals surface area contributed by atoms with E-state index in [0.29, 0.717) is 6.04 Å². The highest BCUT2D eigenvalue weighted by atomic mass is 35.5. The molecular weight excluding hydrogens is 232 g/mol. The summed E-state index contributed by atoms with van der Waals surface area (Å²) in [5.74, 6) is 0. The van der Waals surface area contributed by atoms with E-state index in [4.69, 9.17) is 17.3 Å². The van der Waals surface area contributed by atoms with Crippen LogP contribution in [0, 0.1) is 0 Å². The third-order valence-electron chi connectivity index (χ3n) is 2.89. The number of halogens is 1. The molecule has 0 amide bonds. The summed E-state index contributed by atoms with van der Waals surface area (Å²) in [6.07, 6.45) is 1.11. The SMILES string of the molecule is CCCN(c1ccc([C@H](C)N)cc1Cl)C(C)C. The Morgan fingerprint density at radius 1 is 1.29 bits per heavy atom. The molecule has 1 aromatic rings. The van der Waals surface area contributed by atoms with Crippen LogP contribution >= 0.6 is 11.6 Å². The molecule has 0 saturated heterocycles. The fraction of sp³-hybridized carbons (Fsp3) is 0.571. The maximum atomic E-state index is 6.35. The molecule has 3 heteroatoms. The molecule has 0 bridgehead atoms. The zero-order valence-corrected chi connectivity index (χ0v) is 12.0. The van der Waals surface area contributed by atoms with E-state index in [1.54, 1.807) is 0 Å². The van der Waals surface area contributed by atoms with Gasteiger partial charge in [-0.1, -0.05) is 24.6 Å². The first-order valence-corrected chi connectivity index (χ1v) is 6.66. The van der Waals surface area contributed by atoms with Crippen molar-refractivity contribution in [3.8, 4) is 0 Å². The van der Waals surface area contributed by atoms with E-state index in [1.165, 1.54) is 0 Å². The van der Waals surface area contributed by atoms with Gasteiger partial charge in [-0.05, 0) is 44.9 Å². The lowest BCUT2D eigenvalue weighted by Crippen LogP contribution is -2.31. The monoisotopic (exact) mass is 254 g/mol. The van der Waals surface area contributed by atoms with Crippen molar-refractivity contribution < 1.29 is 0 Å². The standard InChI is InChI=1S/C14H23ClN2/c1-5-8-17(10(2)3)14-7-6-12(11(4)16)9-13(14)15/h6-7,9-11H,5,8,16H2,1-4H3/t11-/m0/s1. The Hall–Kier alpha value is -0.730. The third kappa shape index (κ3) is 3.62. The van der Waals surface area contributed by atoms with Gasteiger partial charge in [0, 0.05) is 18.6 Å². The lowest BCUT2D eigenvalue weighted by Gasteiger charge is -2.29. The molecule has 1 rings (SSSR count). The minimum Gasteiger partial charge on any atom is -0.368 e. The maximum Gasteiger partial charge on any atom is 0.0642 e. The first kappa shape index (κ1) is 14.3. The van der Waals surface area contributed by atoms with Gasteiger partial charge in [0.1, 0.15) is 0 Å². The first-order valence-electron chi connectivity index (χ1n) is 6.29. The van der Waals surface area contributed by atoms with Gasteiger partial charge in [0.2, 0.25) is 0 Å². The molecule has 0 spiro atoms. The maximum absolute atomic E-state index is 6.35. The Bertz CT molecular complexity index is 361. The van der Waals surface area contributed by atoms with Gasteiger partial charge >= 0.3 is 0 Å². The van der Waals surface area contributed by atoms with Crippen molar-refractivity contribution in [2.45, 2.75) is 46.2 Å². The van der Waals surface area contributed by atoms with Crippen LogP contribution in [0.2, 0.25) is 5.02 Å². The number of anilines is 1. The van der Waals surface area contributed by atoms with E-state index in [9.17, 15) is 0 Å². The summed E-state index contributed by atoms with van der Waals surface area (Å²) in [5.41, 5.74) is 8.04. The van der Waals surface area contributed by atoms with Crippen LogP contribution in [-0.2, 0) is 0 Å². The fourth-order valence-corrected chi connectivity index (χ4v) is 2.23. The van der Waals surface area contributed by atoms with E-state index in [2.05, 4.69) is 37.8 Å². The Morgan fingerprint density at radius 2 is 1.94 bits per heavy atom. The molecule has 1 atom stereocenters. The van der Waals surface area contributed by atoms with Gasteiger partial charge in [0.05, 0.1) is 10.7 Å². The van der Waals surface area contributed by atoms with Gasteiger partial charge in [-0.2, -0.15) is 0 Å². The molecule has 1 aromatic carbocycles. The van der Waals surface area contributed by atoms with Crippen LogP contribution < -0.4 is 10.6 Å². The number of hydrogen-bond donors (Lipinski definition) is 1. The Balaban J connectivity index is 3.04. The van der Waals surface area contributed by atoms with Gasteiger partial charge in [-0.15, -0.1) is 0 Å². The highest BCUT2D eigenvalue weighted by molar-refractivity contribution is 6.33. The van der Waals surface area contributed by atoms with Crippen molar-refractivity contribution in [3.05, 3.63) is 28.8 Å². The molecule has 0 aliphatic rings. The summed E-state index contributed by atoms with van der Waals surface area (Å²) < 4.78 is 0. The second-order valence-electron chi connectivity index (χ2n) is 4.79. The Morgan fingerprint density at radius 3 is 2.35 bits per heavy atom. The van der Waals surface area contributed by atoms with Crippen LogP contribution in [0.3, 0.4) is 0 Å². The normalized spacial score (nSPS) is 12.9. The minimum atomic E-state index is 0.0280. The van der Waals surface area contributed by atoms with Crippen molar-refractivity contribution in [2.75, 3.05) is 11.4 Å². The summed E-state index contributed by atoms with van der Waals surface area (Å²) in [7, 11) is 0. The van der Waals surface area contributed by atoms with E-state index < -0.39 is 0 Å². The quantitative estimate of drug-likeness (QED) is 0.861. The minimum absolute atomic E-state index is 0.0280. The Kier molecular flexibility index (Phi) is 5.29. The lowest BCUT2D eigenvalue weighted by atomic mass is 10.1. The zero-order chi connectivity index (χ0) is 13.0. The van der Waals surface area contributed by atoms with Crippen LogP contribution in [0.5, 0.6) is 0 Å². The number of nitrogens with zero attached hydrogens (tertiary/aromatic N) is 1. The predicted octanol–water partition coefficient (Wildman–Crippen LogP) is 3.98. The topological polar surface area (TPSA) is 29.3 Å². The van der Waals surface area contributed by atoms with Gasteiger partial charge in [0.15, 0.2) is 0 Å². The van der Waals surface area contributed by atoms with Crippen molar-refractivity contribution in [1.82, 2.24) is 0 Å². The summed E-state index contributed by atoms with van der Waals surface area (Å²) in [5, 5.41) is 0.793. The molecule has 0 aromatic heterocycles. The second kappa shape index (κ2) is 6.27. The number of benzene rings is 1. The van der Waals surface area contributed by atoms with E-state index in [1.807, 2.05) is 13.0 Å². The largest absolute Gasteiger partial charge is 0.368 e. The molecule has 2 nitrogen and oxygen atoms in total. The molecule has 0 radical (unpaired) electrons. The molecule has 0 unspecified atom stereocenters. The van der Waals surface area contributed by atoms with Gasteiger partial charge in [-0.25, -0.2) is 0 Å². The molecular formula is C14H23ClN2. The smallest absolute Gasteiger partial charge is 0.0642 e. The highest BCUT2D eigenvalue weighted by Gasteiger charge is 2.13. The average Bonchev–Trinajstić information content (AvgIpc) is 2.26. The number of nitrogens with two attached hydrogens (primary N) is 1. The van der Waals surface area contributed by atoms with E-state index >= 15 is 0 Å². The molecule has 17 heavy (non-hydrogen) atoms. The van der Waals surface area contributed by atoms with Gasteiger partial charge in [-0.3, -0.25) is 0 Å². The highest BCUT2D eigenvalue weighted by Crippen LogP contribution is 2.30. The molecule has 0 heterocycles. The number of hydrogen-bond acceptors (Lipinski definition) is 2. The van der Waals surface area contributed by atoms with Crippen molar-refractivity contribution in [3.63, 3.8) is 0 Å². The zero-order valence-electron chi connectivity index (χ0n) is 11.2. The third-order valence-corrected chi connectivity index (χ3v) is 3.20. The van der Waals surface area contributed by atoms with Gasteiger partial charge < -0.3 is 10.6 Å². The lowest BCUT2D eigenvalue weighted by molar-refractivity contribution is 0.671. The van der Waals surface area contributed by atoms with Crippen LogP contribution in [0.25, 0.3) is 0 Å². The first-order chi connectivity index (χ1) is 7.97. The Labute approximate surface area is 110 Å². The van der Waals surface area contributed by atoms with Crippen LogP contribution in [-0.4, -0.2) is 12.6 Å². The molecule has 0 aliphatic heterocycles. The average molecular weight is 255 g/mol. The van der Waals surface area contributed by atoms with Crippen LogP contribution in [0.4, 0.5) is 5.69 Å². The number of rotatable bonds is 5. The molecule has 96 valence electrons. The van der Waals surface area contributed by atoms with Crippen molar-refractivity contribution in [1.29, 1.82) is 0 Å². The van der Waals surface area contributed by atoms with Gasteiger partial charge in [0.25, 0.3) is 0 Å². The summed E-state index contributed by atoms with van der Waals surface area (Å²) in [6, 6.07) is 6.61. The van der Waals surface area contributed by atoms with Crippen LogP contribution in [0.15, 0.2) is 18.2 Å². The predicted molar refractivity (Wildman–Crippen MR) is 76.8 cm³/mol. The van der Waals surface area contributed by atoms with E-state index in [0.717, 1.165) is 29.2 Å². The van der Waals surface area contributed by atoms with Crippen LogP contribution in [0.1, 0.15) is 45.7 Å². The molecule has 0 fully saturated rings. The fourth-order valence-electron chi connectivity index (χ4n) is 1.94. The molecule has 0 aliphatic carbocycles. The summed E-state index contributed by atoms with van der Waals surface area (Å²) in [6.45, 7) is 9.54. The van der Waals surface area contributed by atoms with Crippen molar-refractivity contribution >= 4 is 17.3 Å².